The molecule has 3 rings (SSSR count). The largest absolute Gasteiger partial charge is 0.416 e. The Bertz CT molecular complexity index is 877. The van der Waals surface area contributed by atoms with Gasteiger partial charge >= 0.3 is 6.18 Å². The van der Waals surface area contributed by atoms with Crippen LogP contribution >= 0.6 is 11.8 Å². The topological polar surface area (TPSA) is 38.9 Å². The number of hydrogen-bond acceptors (Lipinski definition) is 4. The van der Waals surface area contributed by atoms with Crippen LogP contribution in [0.1, 0.15) is 34.8 Å². The molecule has 136 valence electrons. The SMILES string of the molecule is CC(Sc1nnc(Cc2ccccc2F)o1)c1ccc(C(F)(F)F)cc1. The minimum Gasteiger partial charge on any atom is -0.416 e. The van der Waals surface area contributed by atoms with Crippen molar-refractivity contribution in [1.82, 2.24) is 10.2 Å². The van der Waals surface area contributed by atoms with Crippen LogP contribution in [0.25, 0.3) is 0 Å². The Hall–Kier alpha value is -2.35. The molecule has 0 bridgehead atoms. The Morgan fingerprint density at radius 2 is 1.73 bits per heavy atom. The van der Waals surface area contributed by atoms with Gasteiger partial charge in [-0.25, -0.2) is 4.39 Å². The third-order valence-electron chi connectivity index (χ3n) is 3.73. The summed E-state index contributed by atoms with van der Waals surface area (Å²) >= 11 is 1.23. The molecule has 8 heteroatoms. The van der Waals surface area contributed by atoms with Crippen LogP contribution in [0.5, 0.6) is 0 Å². The molecule has 0 saturated heterocycles. The van der Waals surface area contributed by atoms with Gasteiger partial charge in [0.1, 0.15) is 5.82 Å². The fourth-order valence-corrected chi connectivity index (χ4v) is 3.15. The summed E-state index contributed by atoms with van der Waals surface area (Å²) in [4.78, 5) is 0. The van der Waals surface area contributed by atoms with Gasteiger partial charge in [0.05, 0.1) is 12.0 Å². The zero-order chi connectivity index (χ0) is 18.7. The molecule has 1 aromatic heterocycles. The van der Waals surface area contributed by atoms with Gasteiger partial charge in [0, 0.05) is 5.25 Å². The quantitative estimate of drug-likeness (QED) is 0.421. The highest BCUT2D eigenvalue weighted by atomic mass is 32.2. The molecule has 1 heterocycles. The molecule has 0 spiro atoms. The number of halogens is 4. The highest BCUT2D eigenvalue weighted by molar-refractivity contribution is 7.99. The van der Waals surface area contributed by atoms with Crippen LogP contribution in [0.4, 0.5) is 17.6 Å². The number of thioether (sulfide) groups is 1. The second-order valence-corrected chi connectivity index (χ2v) is 6.90. The highest BCUT2D eigenvalue weighted by Gasteiger charge is 2.30. The molecule has 0 saturated carbocycles. The van der Waals surface area contributed by atoms with Gasteiger partial charge < -0.3 is 4.42 Å². The van der Waals surface area contributed by atoms with Crippen molar-refractivity contribution in [2.45, 2.75) is 30.0 Å². The van der Waals surface area contributed by atoms with Crippen LogP contribution in [0.15, 0.2) is 58.2 Å². The minimum absolute atomic E-state index is 0.175. The lowest BCUT2D eigenvalue weighted by atomic mass is 10.1. The highest BCUT2D eigenvalue weighted by Crippen LogP contribution is 2.36. The van der Waals surface area contributed by atoms with Crippen molar-refractivity contribution in [3.8, 4) is 0 Å². The lowest BCUT2D eigenvalue weighted by Gasteiger charge is -2.11. The predicted molar refractivity (Wildman–Crippen MR) is 89.2 cm³/mol. The van der Waals surface area contributed by atoms with Gasteiger partial charge in [-0.3, -0.25) is 0 Å². The van der Waals surface area contributed by atoms with Crippen LogP contribution < -0.4 is 0 Å². The standard InChI is InChI=1S/C18H14F4N2OS/c1-11(12-6-8-14(9-7-12)18(20,21)22)26-17-24-23-16(25-17)10-13-4-2-3-5-15(13)19/h2-9,11H,10H2,1H3. The summed E-state index contributed by atoms with van der Waals surface area (Å²) in [6.45, 7) is 1.83. The first-order valence-electron chi connectivity index (χ1n) is 7.72. The first kappa shape index (κ1) is 18.4. The van der Waals surface area contributed by atoms with Gasteiger partial charge in [-0.2, -0.15) is 13.2 Å². The Labute approximate surface area is 151 Å². The molecule has 1 atom stereocenters. The Kier molecular flexibility index (Phi) is 5.31. The minimum atomic E-state index is -4.36. The monoisotopic (exact) mass is 382 g/mol. The maximum Gasteiger partial charge on any atom is 0.416 e. The summed E-state index contributed by atoms with van der Waals surface area (Å²) in [5.41, 5.74) is 0.462. The van der Waals surface area contributed by atoms with Gasteiger partial charge in [-0.15, -0.1) is 10.2 Å². The van der Waals surface area contributed by atoms with Gasteiger partial charge in [-0.1, -0.05) is 42.1 Å². The molecule has 1 unspecified atom stereocenters. The Balaban J connectivity index is 1.66. The summed E-state index contributed by atoms with van der Waals surface area (Å²) in [5.74, 6) is -0.0738. The van der Waals surface area contributed by atoms with Crippen molar-refractivity contribution in [3.63, 3.8) is 0 Å². The first-order valence-corrected chi connectivity index (χ1v) is 8.60. The molecule has 2 aromatic carbocycles. The first-order chi connectivity index (χ1) is 12.3. The second-order valence-electron chi connectivity index (χ2n) is 5.61. The molecule has 3 nitrogen and oxygen atoms in total. The zero-order valence-electron chi connectivity index (χ0n) is 13.6. The number of benzene rings is 2. The predicted octanol–water partition coefficient (Wildman–Crippen LogP) is 5.67. The van der Waals surface area contributed by atoms with Crippen molar-refractivity contribution >= 4 is 11.8 Å². The zero-order valence-corrected chi connectivity index (χ0v) is 14.4. The lowest BCUT2D eigenvalue weighted by molar-refractivity contribution is -0.137. The molecule has 26 heavy (non-hydrogen) atoms. The van der Waals surface area contributed by atoms with Crippen LogP contribution in [0, 0.1) is 5.82 Å². The molecule has 0 fully saturated rings. The van der Waals surface area contributed by atoms with E-state index in [1.165, 1.54) is 30.0 Å². The summed E-state index contributed by atoms with van der Waals surface area (Å²) in [6.07, 6.45) is -4.18. The maximum atomic E-state index is 13.7. The number of nitrogens with zero attached hydrogens (tertiary/aromatic N) is 2. The van der Waals surface area contributed by atoms with E-state index in [0.29, 0.717) is 11.1 Å². The van der Waals surface area contributed by atoms with Gasteiger partial charge in [-0.05, 0) is 36.2 Å². The van der Waals surface area contributed by atoms with Crippen molar-refractivity contribution in [2.24, 2.45) is 0 Å². The lowest BCUT2D eigenvalue weighted by Crippen LogP contribution is -2.04. The Morgan fingerprint density at radius 1 is 1.04 bits per heavy atom. The molecule has 0 aliphatic heterocycles. The molecule has 3 aromatic rings. The van der Waals surface area contributed by atoms with E-state index in [9.17, 15) is 17.6 Å². The van der Waals surface area contributed by atoms with E-state index in [4.69, 9.17) is 4.42 Å². The fourth-order valence-electron chi connectivity index (χ4n) is 2.32. The maximum absolute atomic E-state index is 13.7. The summed E-state index contributed by atoms with van der Waals surface area (Å²) < 4.78 is 57.0. The molecular formula is C18H14F4N2OS. The fraction of sp³-hybridized carbons (Fsp3) is 0.222. The van der Waals surface area contributed by atoms with Crippen molar-refractivity contribution in [1.29, 1.82) is 0 Å². The number of hydrogen-bond donors (Lipinski definition) is 0. The molecule has 0 N–H and O–H groups in total. The number of aromatic nitrogens is 2. The van der Waals surface area contributed by atoms with Crippen molar-refractivity contribution in [3.05, 3.63) is 76.9 Å². The van der Waals surface area contributed by atoms with E-state index in [1.807, 2.05) is 6.92 Å². The molecular weight excluding hydrogens is 368 g/mol. The van der Waals surface area contributed by atoms with E-state index in [2.05, 4.69) is 10.2 Å². The molecule has 0 aliphatic rings. The van der Waals surface area contributed by atoms with Crippen LogP contribution in [0.3, 0.4) is 0 Å². The summed E-state index contributed by atoms with van der Waals surface area (Å²) in [5, 5.41) is 7.90. The molecule has 0 amide bonds. The average Bonchev–Trinajstić information content (AvgIpc) is 3.03. The molecule has 0 aliphatic carbocycles. The smallest absolute Gasteiger partial charge is 0.416 e. The van der Waals surface area contributed by atoms with E-state index in [-0.39, 0.29) is 28.6 Å². The van der Waals surface area contributed by atoms with Crippen molar-refractivity contribution < 1.29 is 22.0 Å². The van der Waals surface area contributed by atoms with Crippen LogP contribution in [0.2, 0.25) is 0 Å². The van der Waals surface area contributed by atoms with E-state index >= 15 is 0 Å². The van der Waals surface area contributed by atoms with E-state index < -0.39 is 11.7 Å². The Morgan fingerprint density at radius 3 is 2.38 bits per heavy atom. The van der Waals surface area contributed by atoms with Gasteiger partial charge in [0.15, 0.2) is 0 Å². The summed E-state index contributed by atoms with van der Waals surface area (Å²) in [7, 11) is 0. The van der Waals surface area contributed by atoms with Crippen molar-refractivity contribution in [2.75, 3.05) is 0 Å². The second kappa shape index (κ2) is 7.49. The van der Waals surface area contributed by atoms with Gasteiger partial charge in [0.2, 0.25) is 5.89 Å². The average molecular weight is 382 g/mol. The summed E-state index contributed by atoms with van der Waals surface area (Å²) in [6, 6.07) is 11.3. The van der Waals surface area contributed by atoms with E-state index in [0.717, 1.165) is 12.1 Å². The third-order valence-corrected chi connectivity index (χ3v) is 4.73. The number of rotatable bonds is 5. The van der Waals surface area contributed by atoms with Crippen LogP contribution in [-0.4, -0.2) is 10.2 Å². The normalized spacial score (nSPS) is 13.0. The van der Waals surface area contributed by atoms with Crippen LogP contribution in [-0.2, 0) is 12.6 Å². The van der Waals surface area contributed by atoms with Gasteiger partial charge in [0.25, 0.3) is 5.22 Å². The third kappa shape index (κ3) is 4.43. The molecule has 0 radical (unpaired) electrons. The van der Waals surface area contributed by atoms with E-state index in [1.54, 1.807) is 18.2 Å². The number of alkyl halides is 3.